The number of hydrogen-bond donors (Lipinski definition) is 0. The summed E-state index contributed by atoms with van der Waals surface area (Å²) in [6, 6.07) is 22.2. The van der Waals surface area contributed by atoms with E-state index < -0.39 is 0 Å². The van der Waals surface area contributed by atoms with E-state index in [1.54, 1.807) is 0 Å². The molecule has 6 rings (SSSR count). The van der Waals surface area contributed by atoms with Crippen LogP contribution in [0.4, 0.5) is 0 Å². The van der Waals surface area contributed by atoms with Crippen LogP contribution in [0.3, 0.4) is 0 Å². The summed E-state index contributed by atoms with van der Waals surface area (Å²) in [6.45, 7) is 13.1. The van der Waals surface area contributed by atoms with Gasteiger partial charge in [-0.2, -0.15) is 0 Å². The Morgan fingerprint density at radius 3 is 2.13 bits per heavy atom. The number of benzene rings is 3. The highest BCUT2D eigenvalue weighted by Crippen LogP contribution is 2.47. The zero-order chi connectivity index (χ0) is 21.8. The maximum Gasteiger partial charge on any atom is 0.494 e. The van der Waals surface area contributed by atoms with E-state index in [1.165, 1.54) is 38.6 Å². The van der Waals surface area contributed by atoms with E-state index in [1.807, 2.05) is 0 Å². The molecule has 1 fully saturated rings. The molecule has 0 amide bonds. The molecule has 2 aliphatic heterocycles. The quantitative estimate of drug-likeness (QED) is 0.375. The Morgan fingerprint density at radius 2 is 1.39 bits per heavy atom. The minimum atomic E-state index is -0.368. The fourth-order valence-electron chi connectivity index (χ4n) is 5.31. The summed E-state index contributed by atoms with van der Waals surface area (Å²) >= 11 is 0. The van der Waals surface area contributed by atoms with Crippen LogP contribution in [-0.2, 0) is 14.7 Å². The largest absolute Gasteiger partial charge is 0.494 e. The van der Waals surface area contributed by atoms with E-state index in [2.05, 4.69) is 107 Å². The number of aromatic nitrogens is 1. The molecule has 0 spiro atoms. The third kappa shape index (κ3) is 2.38. The second-order valence-corrected chi connectivity index (χ2v) is 10.5. The van der Waals surface area contributed by atoms with Crippen molar-refractivity contribution in [2.75, 3.05) is 0 Å². The van der Waals surface area contributed by atoms with Crippen LogP contribution in [0.1, 0.15) is 52.7 Å². The van der Waals surface area contributed by atoms with Gasteiger partial charge >= 0.3 is 7.12 Å². The normalized spacial score (nSPS) is 20.4. The minimum absolute atomic E-state index is 0.0896. The van der Waals surface area contributed by atoms with Crippen molar-refractivity contribution in [1.29, 1.82) is 0 Å². The van der Waals surface area contributed by atoms with Crippen molar-refractivity contribution in [2.24, 2.45) is 0 Å². The van der Waals surface area contributed by atoms with Crippen LogP contribution in [0.2, 0.25) is 0 Å². The van der Waals surface area contributed by atoms with E-state index in [9.17, 15) is 0 Å². The van der Waals surface area contributed by atoms with Crippen molar-refractivity contribution >= 4 is 34.4 Å². The predicted molar refractivity (Wildman–Crippen MR) is 129 cm³/mol. The van der Waals surface area contributed by atoms with Crippen LogP contribution in [-0.4, -0.2) is 22.9 Å². The lowest BCUT2D eigenvalue weighted by atomic mass is 9.71. The number of fused-ring (bicyclic) bond motifs is 5. The first kappa shape index (κ1) is 19.2. The second-order valence-electron chi connectivity index (χ2n) is 10.5. The fraction of sp³-hybridized carbons (Fsp3) is 0.333. The van der Waals surface area contributed by atoms with Gasteiger partial charge in [0.2, 0.25) is 0 Å². The summed E-state index contributed by atoms with van der Waals surface area (Å²) in [6.07, 6.45) is 0. The standard InChI is InChI=1S/C27H28BNO2/c1-25(2)20-15-14-17(28-30-26(3,4)27(5,6)31-28)16-23(20)29-22-13-8-7-10-18(22)19-11-9-12-21(25)24(19)29/h7-16H,1-6H3. The Morgan fingerprint density at radius 1 is 0.710 bits per heavy atom. The molecular weight excluding hydrogens is 381 g/mol. The van der Waals surface area contributed by atoms with Gasteiger partial charge in [0.05, 0.1) is 22.2 Å². The molecule has 1 aromatic heterocycles. The average molecular weight is 409 g/mol. The molecule has 156 valence electrons. The minimum Gasteiger partial charge on any atom is -0.399 e. The molecule has 3 heterocycles. The van der Waals surface area contributed by atoms with E-state index in [0.29, 0.717) is 0 Å². The Labute approximate surface area is 184 Å². The maximum absolute atomic E-state index is 6.37. The first-order valence-electron chi connectivity index (χ1n) is 11.1. The van der Waals surface area contributed by atoms with E-state index in [-0.39, 0.29) is 23.7 Å². The molecule has 31 heavy (non-hydrogen) atoms. The van der Waals surface area contributed by atoms with Gasteiger partial charge in [0.1, 0.15) is 0 Å². The van der Waals surface area contributed by atoms with Gasteiger partial charge < -0.3 is 13.9 Å². The van der Waals surface area contributed by atoms with Gasteiger partial charge in [-0.3, -0.25) is 0 Å². The van der Waals surface area contributed by atoms with Gasteiger partial charge in [-0.25, -0.2) is 0 Å². The first-order valence-corrected chi connectivity index (χ1v) is 11.1. The number of nitrogens with zero attached hydrogens (tertiary/aromatic N) is 1. The van der Waals surface area contributed by atoms with Gasteiger partial charge in [0.15, 0.2) is 0 Å². The fourth-order valence-corrected chi connectivity index (χ4v) is 5.31. The van der Waals surface area contributed by atoms with Gasteiger partial charge in [-0.1, -0.05) is 62.4 Å². The Hall–Kier alpha value is -2.56. The molecule has 0 bridgehead atoms. The van der Waals surface area contributed by atoms with Crippen molar-refractivity contribution < 1.29 is 9.31 Å². The van der Waals surface area contributed by atoms with Gasteiger partial charge in [-0.05, 0) is 56.4 Å². The highest BCUT2D eigenvalue weighted by Gasteiger charge is 2.52. The third-order valence-corrected chi connectivity index (χ3v) is 7.83. The molecule has 0 atom stereocenters. The Bertz CT molecular complexity index is 1360. The zero-order valence-corrected chi connectivity index (χ0v) is 19.1. The Balaban J connectivity index is 1.64. The van der Waals surface area contributed by atoms with Gasteiger partial charge in [0, 0.05) is 21.9 Å². The second kappa shape index (κ2) is 5.82. The van der Waals surface area contributed by atoms with Crippen LogP contribution in [0, 0.1) is 0 Å². The van der Waals surface area contributed by atoms with Crippen LogP contribution in [0.5, 0.6) is 0 Å². The zero-order valence-electron chi connectivity index (χ0n) is 19.1. The molecule has 0 aliphatic carbocycles. The highest BCUT2D eigenvalue weighted by molar-refractivity contribution is 6.62. The molecule has 3 aromatic carbocycles. The van der Waals surface area contributed by atoms with E-state index in [4.69, 9.17) is 9.31 Å². The molecule has 4 aromatic rings. The van der Waals surface area contributed by atoms with Gasteiger partial charge in [0.25, 0.3) is 0 Å². The maximum atomic E-state index is 6.37. The van der Waals surface area contributed by atoms with Crippen LogP contribution >= 0.6 is 0 Å². The van der Waals surface area contributed by atoms with Crippen LogP contribution in [0.25, 0.3) is 27.5 Å². The van der Waals surface area contributed by atoms with Crippen molar-refractivity contribution in [3.63, 3.8) is 0 Å². The summed E-state index contributed by atoms with van der Waals surface area (Å²) < 4.78 is 15.2. The molecule has 1 saturated heterocycles. The first-order chi connectivity index (χ1) is 14.6. The summed E-state index contributed by atoms with van der Waals surface area (Å²) in [5, 5.41) is 2.61. The summed E-state index contributed by atoms with van der Waals surface area (Å²) in [4.78, 5) is 0. The molecular formula is C27H28BNO2. The van der Waals surface area contributed by atoms with Crippen LogP contribution in [0.15, 0.2) is 60.7 Å². The lowest BCUT2D eigenvalue weighted by Crippen LogP contribution is -2.41. The smallest absolute Gasteiger partial charge is 0.399 e. The number of hydrogen-bond acceptors (Lipinski definition) is 2. The van der Waals surface area contributed by atoms with Crippen molar-refractivity contribution in [1.82, 2.24) is 4.57 Å². The van der Waals surface area contributed by atoms with Crippen molar-refractivity contribution in [3.05, 3.63) is 71.8 Å². The van der Waals surface area contributed by atoms with Crippen LogP contribution < -0.4 is 5.46 Å². The highest BCUT2D eigenvalue weighted by atomic mass is 16.7. The number of rotatable bonds is 1. The molecule has 2 aliphatic rings. The van der Waals surface area contributed by atoms with Gasteiger partial charge in [-0.15, -0.1) is 0 Å². The molecule has 0 radical (unpaired) electrons. The van der Waals surface area contributed by atoms with E-state index in [0.717, 1.165) is 5.46 Å². The SMILES string of the molecule is CC1(C)c2ccc(B3OC(C)(C)C(C)(C)O3)cc2-n2c3ccccc3c3cccc1c32. The number of para-hydroxylation sites is 2. The summed E-state index contributed by atoms with van der Waals surface area (Å²) in [7, 11) is -0.368. The predicted octanol–water partition coefficient (Wildman–Crippen LogP) is 5.72. The lowest BCUT2D eigenvalue weighted by molar-refractivity contribution is 0.00578. The summed E-state index contributed by atoms with van der Waals surface area (Å²) in [5.41, 5.74) is 6.75. The average Bonchev–Trinajstić information content (AvgIpc) is 3.17. The molecule has 0 saturated carbocycles. The monoisotopic (exact) mass is 409 g/mol. The summed E-state index contributed by atoms with van der Waals surface area (Å²) in [5.74, 6) is 0. The van der Waals surface area contributed by atoms with Crippen molar-refractivity contribution in [3.8, 4) is 5.69 Å². The molecule has 0 N–H and O–H groups in total. The molecule has 3 nitrogen and oxygen atoms in total. The molecule has 0 unspecified atom stereocenters. The Kier molecular flexibility index (Phi) is 3.59. The lowest BCUT2D eigenvalue weighted by Gasteiger charge is -2.35. The van der Waals surface area contributed by atoms with E-state index >= 15 is 0 Å². The third-order valence-electron chi connectivity index (χ3n) is 7.83. The van der Waals surface area contributed by atoms with Crippen molar-refractivity contribution in [2.45, 2.75) is 58.2 Å². The topological polar surface area (TPSA) is 23.4 Å². The molecule has 4 heteroatoms.